The molecule has 1 fully saturated rings. The summed E-state index contributed by atoms with van der Waals surface area (Å²) < 4.78 is 2.23. The van der Waals surface area contributed by atoms with Gasteiger partial charge in [0.1, 0.15) is 11.5 Å². The van der Waals surface area contributed by atoms with E-state index >= 15 is 0 Å². The van der Waals surface area contributed by atoms with Crippen molar-refractivity contribution < 1.29 is 4.84 Å². The van der Waals surface area contributed by atoms with E-state index in [0.717, 1.165) is 68.2 Å². The first-order valence-corrected chi connectivity index (χ1v) is 11.5. The van der Waals surface area contributed by atoms with Crippen LogP contribution in [0.2, 0.25) is 0 Å². The van der Waals surface area contributed by atoms with Crippen molar-refractivity contribution in [3.05, 3.63) is 59.2 Å². The summed E-state index contributed by atoms with van der Waals surface area (Å²) >= 11 is 0. The fourth-order valence-corrected chi connectivity index (χ4v) is 4.70. The summed E-state index contributed by atoms with van der Waals surface area (Å²) in [5.41, 5.74) is 8.79. The molecule has 3 aromatic rings. The van der Waals surface area contributed by atoms with Crippen LogP contribution in [0.25, 0.3) is 5.65 Å². The van der Waals surface area contributed by atoms with E-state index in [1.54, 1.807) is 0 Å². The molecule has 1 aliphatic heterocycles. The number of likely N-dealkylation sites (N-methyl/N-ethyl adjacent to an activating group) is 1. The highest BCUT2D eigenvalue weighted by Gasteiger charge is 2.22. The van der Waals surface area contributed by atoms with E-state index in [0.29, 0.717) is 6.61 Å². The molecule has 3 aromatic heterocycles. The van der Waals surface area contributed by atoms with Crippen molar-refractivity contribution in [2.45, 2.75) is 38.6 Å². The van der Waals surface area contributed by atoms with Crippen LogP contribution in [-0.4, -0.2) is 59.1 Å². The molecule has 4 heterocycles. The zero-order valence-electron chi connectivity index (χ0n) is 18.5. The second kappa shape index (κ2) is 8.94. The summed E-state index contributed by atoms with van der Waals surface area (Å²) in [7, 11) is 2.19. The number of hydrogen-bond donors (Lipinski definition) is 1. The number of nitrogens with zero attached hydrogens (tertiary/aromatic N) is 5. The average Bonchev–Trinajstić information content (AvgIpc) is 3.21. The maximum atomic E-state index is 5.49. The number of aromatic nitrogens is 3. The van der Waals surface area contributed by atoms with Crippen LogP contribution < -0.4 is 10.4 Å². The first-order chi connectivity index (χ1) is 15.2. The number of nitrogens with one attached hydrogen (secondary N) is 1. The SMILES string of the molecule is CCON[C@H]1CCCc2ccc(Cc3cn4c(N5CCN(C)CC5)cccc4n3)nc21. The Morgan fingerprint density at radius 3 is 2.77 bits per heavy atom. The van der Waals surface area contributed by atoms with Crippen LogP contribution in [0.3, 0.4) is 0 Å². The molecule has 0 aromatic carbocycles. The van der Waals surface area contributed by atoms with Gasteiger partial charge in [0.2, 0.25) is 0 Å². The topological polar surface area (TPSA) is 57.9 Å². The average molecular weight is 421 g/mol. The monoisotopic (exact) mass is 420 g/mol. The molecule has 31 heavy (non-hydrogen) atoms. The van der Waals surface area contributed by atoms with Crippen molar-refractivity contribution in [1.29, 1.82) is 0 Å². The number of imidazole rings is 1. The van der Waals surface area contributed by atoms with E-state index < -0.39 is 0 Å². The van der Waals surface area contributed by atoms with Gasteiger partial charge in [-0.25, -0.2) is 4.98 Å². The molecule has 1 aliphatic carbocycles. The van der Waals surface area contributed by atoms with Crippen molar-refractivity contribution in [3.8, 4) is 0 Å². The number of pyridine rings is 2. The third-order valence-electron chi connectivity index (χ3n) is 6.42. The number of hydrogen-bond acceptors (Lipinski definition) is 6. The number of fused-ring (bicyclic) bond motifs is 2. The first kappa shape index (κ1) is 20.4. The van der Waals surface area contributed by atoms with E-state index in [2.05, 4.69) is 63.3 Å². The summed E-state index contributed by atoms with van der Waals surface area (Å²) in [4.78, 5) is 20.3. The molecule has 0 radical (unpaired) electrons. The van der Waals surface area contributed by atoms with Crippen molar-refractivity contribution >= 4 is 11.5 Å². The van der Waals surface area contributed by atoms with E-state index in [4.69, 9.17) is 14.8 Å². The smallest absolute Gasteiger partial charge is 0.138 e. The second-order valence-corrected chi connectivity index (χ2v) is 8.65. The number of piperazine rings is 1. The van der Waals surface area contributed by atoms with Gasteiger partial charge in [0.05, 0.1) is 24.0 Å². The predicted molar refractivity (Wildman–Crippen MR) is 122 cm³/mol. The fourth-order valence-electron chi connectivity index (χ4n) is 4.70. The third kappa shape index (κ3) is 4.31. The van der Waals surface area contributed by atoms with Crippen molar-refractivity contribution in [1.82, 2.24) is 24.7 Å². The highest BCUT2D eigenvalue weighted by Crippen LogP contribution is 2.29. The summed E-state index contributed by atoms with van der Waals surface area (Å²) in [6.45, 7) is 6.93. The molecule has 7 nitrogen and oxygen atoms in total. The highest BCUT2D eigenvalue weighted by atomic mass is 16.6. The van der Waals surface area contributed by atoms with E-state index in [1.807, 2.05) is 6.92 Å². The van der Waals surface area contributed by atoms with Crippen LogP contribution in [0, 0.1) is 0 Å². The van der Waals surface area contributed by atoms with Crippen LogP contribution in [0.15, 0.2) is 36.5 Å². The van der Waals surface area contributed by atoms with Gasteiger partial charge in [-0.05, 0) is 57.0 Å². The number of hydroxylamine groups is 1. The van der Waals surface area contributed by atoms with Gasteiger partial charge in [-0.3, -0.25) is 9.38 Å². The lowest BCUT2D eigenvalue weighted by Crippen LogP contribution is -2.45. The Kier molecular flexibility index (Phi) is 5.89. The van der Waals surface area contributed by atoms with Gasteiger partial charge in [-0.2, -0.15) is 5.48 Å². The third-order valence-corrected chi connectivity index (χ3v) is 6.42. The quantitative estimate of drug-likeness (QED) is 0.619. The van der Waals surface area contributed by atoms with Crippen LogP contribution in [0.5, 0.6) is 0 Å². The molecule has 0 saturated carbocycles. The molecule has 0 spiro atoms. The van der Waals surface area contributed by atoms with Gasteiger partial charge in [-0.15, -0.1) is 0 Å². The zero-order chi connectivity index (χ0) is 21.2. The molecule has 1 atom stereocenters. The Morgan fingerprint density at radius 2 is 1.94 bits per heavy atom. The molecule has 2 aliphatic rings. The maximum absolute atomic E-state index is 5.49. The van der Waals surface area contributed by atoms with Gasteiger partial charge in [0.15, 0.2) is 0 Å². The largest absolute Gasteiger partial charge is 0.355 e. The minimum atomic E-state index is 0.175. The van der Waals surface area contributed by atoms with Gasteiger partial charge >= 0.3 is 0 Å². The zero-order valence-corrected chi connectivity index (χ0v) is 18.5. The summed E-state index contributed by atoms with van der Waals surface area (Å²) in [5.74, 6) is 1.23. The number of aryl methyl sites for hydroxylation is 1. The molecule has 7 heteroatoms. The van der Waals surface area contributed by atoms with Crippen LogP contribution in [0.4, 0.5) is 5.82 Å². The standard InChI is InChI=1S/C24H32N6O/c1-3-31-27-21-7-4-6-18-10-11-19(26-24(18)21)16-20-17-30-22(25-20)8-5-9-23(30)29-14-12-28(2)13-15-29/h5,8-11,17,21,27H,3-4,6-7,12-16H2,1-2H3/t21-/m0/s1. The van der Waals surface area contributed by atoms with Gasteiger partial charge < -0.3 is 14.6 Å². The van der Waals surface area contributed by atoms with Crippen LogP contribution in [0.1, 0.15) is 48.5 Å². The molecule has 0 unspecified atom stereocenters. The number of anilines is 1. The van der Waals surface area contributed by atoms with E-state index in [9.17, 15) is 0 Å². The maximum Gasteiger partial charge on any atom is 0.138 e. The Bertz CT molecular complexity index is 1040. The van der Waals surface area contributed by atoms with Crippen molar-refractivity contribution in [3.63, 3.8) is 0 Å². The lowest BCUT2D eigenvalue weighted by molar-refractivity contribution is 0.0185. The molecule has 1 N–H and O–H groups in total. The van der Waals surface area contributed by atoms with E-state index in [1.165, 1.54) is 17.8 Å². The Balaban J connectivity index is 1.39. The summed E-state index contributed by atoms with van der Waals surface area (Å²) in [6.07, 6.45) is 6.24. The molecular weight excluding hydrogens is 388 g/mol. The Labute approximate surface area is 184 Å². The normalized spacial score (nSPS) is 19.7. The van der Waals surface area contributed by atoms with Crippen LogP contribution in [-0.2, 0) is 17.7 Å². The lowest BCUT2D eigenvalue weighted by Gasteiger charge is -2.34. The molecule has 0 amide bonds. The Hall–Kier alpha value is -2.48. The molecular formula is C24H32N6O. The molecule has 1 saturated heterocycles. The minimum absolute atomic E-state index is 0.175. The van der Waals surface area contributed by atoms with Crippen molar-refractivity contribution in [2.75, 3.05) is 44.7 Å². The highest BCUT2D eigenvalue weighted by molar-refractivity contribution is 5.53. The molecule has 0 bridgehead atoms. The van der Waals surface area contributed by atoms with Crippen molar-refractivity contribution in [2.24, 2.45) is 0 Å². The van der Waals surface area contributed by atoms with Gasteiger partial charge in [-0.1, -0.05) is 12.1 Å². The lowest BCUT2D eigenvalue weighted by atomic mass is 9.92. The molecule has 164 valence electrons. The van der Waals surface area contributed by atoms with Gasteiger partial charge in [0.25, 0.3) is 0 Å². The number of rotatable bonds is 6. The molecule has 5 rings (SSSR count). The van der Waals surface area contributed by atoms with Gasteiger partial charge in [0, 0.05) is 44.5 Å². The fraction of sp³-hybridized carbons (Fsp3) is 0.500. The predicted octanol–water partition coefficient (Wildman–Crippen LogP) is 2.99. The first-order valence-electron chi connectivity index (χ1n) is 11.5. The second-order valence-electron chi connectivity index (χ2n) is 8.65. The van der Waals surface area contributed by atoms with Crippen LogP contribution >= 0.6 is 0 Å². The summed E-state index contributed by atoms with van der Waals surface area (Å²) in [5, 5.41) is 0. The minimum Gasteiger partial charge on any atom is -0.355 e. The summed E-state index contributed by atoms with van der Waals surface area (Å²) in [6, 6.07) is 11.0. The Morgan fingerprint density at radius 1 is 1.06 bits per heavy atom. The van der Waals surface area contributed by atoms with E-state index in [-0.39, 0.29) is 6.04 Å².